The summed E-state index contributed by atoms with van der Waals surface area (Å²) in [6.07, 6.45) is 0. The molecule has 0 fully saturated rings. The van der Waals surface area contributed by atoms with Gasteiger partial charge in [0.2, 0.25) is 0 Å². The third-order valence-corrected chi connectivity index (χ3v) is 11.1. The van der Waals surface area contributed by atoms with Gasteiger partial charge in [0.1, 0.15) is 5.82 Å². The molecule has 0 bridgehead atoms. The van der Waals surface area contributed by atoms with Crippen LogP contribution in [0.4, 0.5) is 0 Å². The molecule has 56 heavy (non-hydrogen) atoms. The second-order valence-corrected chi connectivity index (χ2v) is 14.3. The van der Waals surface area contributed by atoms with E-state index in [1.165, 1.54) is 32.7 Å². The first-order valence-electron chi connectivity index (χ1n) is 18.9. The number of benzene rings is 9. The van der Waals surface area contributed by atoms with Crippen LogP contribution in [0.2, 0.25) is 0 Å². The van der Waals surface area contributed by atoms with Crippen molar-refractivity contribution < 1.29 is 0 Å². The SMILES string of the molecule is O=c1c2ccccc2c2cc(-c3c4ccccc4c(-c4ccc(-n5c(-c6ccccc6)nc6ccccc65)cc4)c4ccccc34)ccc2n1-c1ccccc1. The molecule has 2 heterocycles. The molecule has 2 aromatic heterocycles. The Morgan fingerprint density at radius 3 is 1.50 bits per heavy atom. The van der Waals surface area contributed by atoms with Crippen molar-refractivity contribution in [2.24, 2.45) is 0 Å². The first kappa shape index (κ1) is 31.9. The van der Waals surface area contributed by atoms with Crippen molar-refractivity contribution in [1.29, 1.82) is 0 Å². The monoisotopic (exact) mass is 715 g/mol. The molecule has 0 radical (unpaired) electrons. The number of aromatic nitrogens is 3. The number of nitrogens with zero attached hydrogens (tertiary/aromatic N) is 3. The van der Waals surface area contributed by atoms with Gasteiger partial charge < -0.3 is 0 Å². The summed E-state index contributed by atoms with van der Waals surface area (Å²) in [5, 5.41) is 7.42. The van der Waals surface area contributed by atoms with Gasteiger partial charge in [0.15, 0.2) is 0 Å². The molecule has 0 aliphatic carbocycles. The molecule has 11 rings (SSSR count). The van der Waals surface area contributed by atoms with Gasteiger partial charge in [-0.1, -0.05) is 146 Å². The summed E-state index contributed by atoms with van der Waals surface area (Å²) in [5.74, 6) is 0.920. The van der Waals surface area contributed by atoms with Crippen LogP contribution in [-0.2, 0) is 0 Å². The first-order chi connectivity index (χ1) is 27.7. The molecule has 0 unspecified atom stereocenters. The molecule has 262 valence electrons. The molecule has 9 aromatic carbocycles. The highest BCUT2D eigenvalue weighted by Crippen LogP contribution is 2.45. The highest BCUT2D eigenvalue weighted by atomic mass is 16.1. The molecular formula is C52H33N3O. The molecule has 0 saturated carbocycles. The van der Waals surface area contributed by atoms with Crippen molar-refractivity contribution in [2.75, 3.05) is 0 Å². The fraction of sp³-hybridized carbons (Fsp3) is 0. The molecule has 11 aromatic rings. The second-order valence-electron chi connectivity index (χ2n) is 14.3. The third-order valence-electron chi connectivity index (χ3n) is 11.1. The molecule has 0 aliphatic rings. The quantitative estimate of drug-likeness (QED) is 0.131. The smallest absolute Gasteiger partial charge is 0.263 e. The van der Waals surface area contributed by atoms with Crippen LogP contribution < -0.4 is 5.56 Å². The predicted molar refractivity (Wildman–Crippen MR) is 233 cm³/mol. The number of fused-ring (bicyclic) bond motifs is 6. The van der Waals surface area contributed by atoms with Crippen molar-refractivity contribution in [1.82, 2.24) is 14.1 Å². The molecule has 0 amide bonds. The number of imidazole rings is 1. The number of pyridine rings is 1. The number of rotatable bonds is 5. The maximum Gasteiger partial charge on any atom is 0.263 e. The fourth-order valence-corrected chi connectivity index (χ4v) is 8.67. The van der Waals surface area contributed by atoms with E-state index in [-0.39, 0.29) is 5.56 Å². The molecule has 0 aliphatic heterocycles. The first-order valence-corrected chi connectivity index (χ1v) is 18.9. The lowest BCUT2D eigenvalue weighted by Crippen LogP contribution is -2.19. The number of hydrogen-bond acceptors (Lipinski definition) is 2. The highest BCUT2D eigenvalue weighted by Gasteiger charge is 2.20. The zero-order chi connectivity index (χ0) is 37.2. The Labute approximate surface area is 322 Å². The van der Waals surface area contributed by atoms with E-state index in [1.54, 1.807) is 0 Å². The Hall–Kier alpha value is -7.56. The van der Waals surface area contributed by atoms with Crippen molar-refractivity contribution >= 4 is 54.3 Å². The van der Waals surface area contributed by atoms with E-state index in [9.17, 15) is 4.79 Å². The molecule has 4 heteroatoms. The van der Waals surface area contributed by atoms with Crippen molar-refractivity contribution in [3.05, 3.63) is 211 Å². The predicted octanol–water partition coefficient (Wildman–Crippen LogP) is 12.8. The lowest BCUT2D eigenvalue weighted by atomic mass is 9.85. The topological polar surface area (TPSA) is 39.8 Å². The van der Waals surface area contributed by atoms with Gasteiger partial charge in [0, 0.05) is 27.7 Å². The summed E-state index contributed by atoms with van der Waals surface area (Å²) < 4.78 is 4.11. The van der Waals surface area contributed by atoms with Gasteiger partial charge >= 0.3 is 0 Å². The van der Waals surface area contributed by atoms with E-state index in [1.807, 2.05) is 65.2 Å². The van der Waals surface area contributed by atoms with Crippen LogP contribution in [0.3, 0.4) is 0 Å². The molecule has 0 atom stereocenters. The van der Waals surface area contributed by atoms with Crippen LogP contribution in [0.1, 0.15) is 0 Å². The van der Waals surface area contributed by atoms with E-state index in [2.05, 4.69) is 144 Å². The van der Waals surface area contributed by atoms with Gasteiger partial charge in [-0.15, -0.1) is 0 Å². The van der Waals surface area contributed by atoms with E-state index < -0.39 is 0 Å². The van der Waals surface area contributed by atoms with Crippen LogP contribution in [0.15, 0.2) is 205 Å². The third kappa shape index (κ3) is 4.93. The number of hydrogen-bond donors (Lipinski definition) is 0. The van der Waals surface area contributed by atoms with Gasteiger partial charge in [-0.2, -0.15) is 0 Å². The summed E-state index contributed by atoms with van der Waals surface area (Å²) in [5.41, 5.74) is 10.5. The minimum Gasteiger partial charge on any atom is -0.292 e. The van der Waals surface area contributed by atoms with Crippen molar-refractivity contribution in [3.8, 4) is 45.0 Å². The van der Waals surface area contributed by atoms with Crippen LogP contribution in [-0.4, -0.2) is 14.1 Å². The normalized spacial score (nSPS) is 11.6. The minimum absolute atomic E-state index is 0.0177. The molecule has 4 nitrogen and oxygen atoms in total. The van der Waals surface area contributed by atoms with Crippen LogP contribution in [0.25, 0.3) is 99.3 Å². The van der Waals surface area contributed by atoms with Crippen LogP contribution >= 0.6 is 0 Å². The van der Waals surface area contributed by atoms with E-state index in [0.29, 0.717) is 5.39 Å². The van der Waals surface area contributed by atoms with E-state index in [4.69, 9.17) is 4.98 Å². The maximum absolute atomic E-state index is 14.0. The molecule has 0 saturated heterocycles. The zero-order valence-electron chi connectivity index (χ0n) is 30.3. The Bertz CT molecular complexity index is 3310. The zero-order valence-corrected chi connectivity index (χ0v) is 30.3. The minimum atomic E-state index is -0.0177. The average molecular weight is 716 g/mol. The second kappa shape index (κ2) is 12.8. The maximum atomic E-state index is 14.0. The highest BCUT2D eigenvalue weighted by molar-refractivity contribution is 6.22. The average Bonchev–Trinajstić information content (AvgIpc) is 3.66. The Morgan fingerprint density at radius 2 is 0.839 bits per heavy atom. The Morgan fingerprint density at radius 1 is 0.339 bits per heavy atom. The lowest BCUT2D eigenvalue weighted by Gasteiger charge is -2.19. The Kier molecular flexibility index (Phi) is 7.29. The molecular weight excluding hydrogens is 683 g/mol. The van der Waals surface area contributed by atoms with Gasteiger partial charge in [-0.25, -0.2) is 4.98 Å². The largest absolute Gasteiger partial charge is 0.292 e. The van der Waals surface area contributed by atoms with E-state index >= 15 is 0 Å². The Balaban J connectivity index is 1.12. The summed E-state index contributed by atoms with van der Waals surface area (Å²) in [6, 6.07) is 69.6. The standard InChI is InChI=1S/C52H33N3O/c56-52-44-24-12-7-19-39(44)45-33-36(29-32-47(45)55(52)37-17-5-2-6-18-37)50-42-22-10-8-20-40(42)49(41-21-9-11-23-43(41)50)34-27-30-38(31-28-34)54-48-26-14-13-25-46(48)53-51(54)35-15-3-1-4-16-35/h1-33H. The summed E-state index contributed by atoms with van der Waals surface area (Å²) in [4.78, 5) is 19.1. The van der Waals surface area contributed by atoms with Crippen LogP contribution in [0.5, 0.6) is 0 Å². The van der Waals surface area contributed by atoms with E-state index in [0.717, 1.165) is 61.2 Å². The lowest BCUT2D eigenvalue weighted by molar-refractivity contribution is 1.06. The van der Waals surface area contributed by atoms with Crippen LogP contribution in [0, 0.1) is 0 Å². The number of para-hydroxylation sites is 3. The summed E-state index contributed by atoms with van der Waals surface area (Å²) in [6.45, 7) is 0. The fourth-order valence-electron chi connectivity index (χ4n) is 8.67. The van der Waals surface area contributed by atoms with Gasteiger partial charge in [0.25, 0.3) is 5.56 Å². The van der Waals surface area contributed by atoms with Crippen molar-refractivity contribution in [2.45, 2.75) is 0 Å². The molecule has 0 N–H and O–H groups in total. The van der Waals surface area contributed by atoms with Gasteiger partial charge in [-0.3, -0.25) is 13.9 Å². The van der Waals surface area contributed by atoms with Gasteiger partial charge in [-0.05, 0) is 104 Å². The molecule has 0 spiro atoms. The summed E-state index contributed by atoms with van der Waals surface area (Å²) in [7, 11) is 0. The summed E-state index contributed by atoms with van der Waals surface area (Å²) >= 11 is 0. The van der Waals surface area contributed by atoms with Crippen molar-refractivity contribution in [3.63, 3.8) is 0 Å². The van der Waals surface area contributed by atoms with Gasteiger partial charge in [0.05, 0.1) is 16.6 Å².